The van der Waals surface area contributed by atoms with Gasteiger partial charge in [-0.3, -0.25) is 4.79 Å². The smallest absolute Gasteiger partial charge is 0.310 e. The van der Waals surface area contributed by atoms with Crippen LogP contribution in [-0.2, 0) is 9.53 Å². The van der Waals surface area contributed by atoms with E-state index in [1.807, 2.05) is 0 Å². The van der Waals surface area contributed by atoms with E-state index in [0.29, 0.717) is 5.92 Å². The van der Waals surface area contributed by atoms with E-state index in [9.17, 15) is 4.79 Å². The fraction of sp³-hybridized carbons (Fsp3) is 0.933. The van der Waals surface area contributed by atoms with Crippen molar-refractivity contribution < 1.29 is 9.53 Å². The second-order valence-electron chi connectivity index (χ2n) is 6.10. The van der Waals surface area contributed by atoms with Gasteiger partial charge in [0.05, 0.1) is 13.0 Å². The zero-order valence-electron chi connectivity index (χ0n) is 11.9. The number of ether oxygens (including phenoxy) is 1. The van der Waals surface area contributed by atoms with Crippen LogP contribution in [0.4, 0.5) is 0 Å². The predicted octanol–water partition coefficient (Wildman–Crippen LogP) is 2.70. The second-order valence-corrected chi connectivity index (χ2v) is 6.10. The minimum atomic E-state index is 0.01000. The molecule has 3 heteroatoms. The first-order valence-electron chi connectivity index (χ1n) is 7.48. The Balaban J connectivity index is 2.04. The minimum absolute atomic E-state index is 0.01000. The van der Waals surface area contributed by atoms with Crippen molar-refractivity contribution in [2.75, 3.05) is 27.2 Å². The van der Waals surface area contributed by atoms with E-state index < -0.39 is 0 Å². The Morgan fingerprint density at radius 1 is 1.11 bits per heavy atom. The van der Waals surface area contributed by atoms with Crippen LogP contribution >= 0.6 is 0 Å². The van der Waals surface area contributed by atoms with Crippen molar-refractivity contribution in [1.29, 1.82) is 0 Å². The molecule has 3 nitrogen and oxygen atoms in total. The lowest BCUT2D eigenvalue weighted by Gasteiger charge is -2.39. The molecule has 2 aliphatic rings. The molecule has 1 aliphatic heterocycles. The monoisotopic (exact) mass is 253 g/mol. The molecule has 0 radical (unpaired) electrons. The Morgan fingerprint density at radius 2 is 1.78 bits per heavy atom. The van der Waals surface area contributed by atoms with E-state index in [4.69, 9.17) is 4.74 Å². The lowest BCUT2D eigenvalue weighted by molar-refractivity contribution is -0.150. The third-order valence-electron chi connectivity index (χ3n) is 4.88. The second kappa shape index (κ2) is 6.55. The van der Waals surface area contributed by atoms with Crippen LogP contribution in [0.15, 0.2) is 0 Å². The molecule has 1 aliphatic carbocycles. The molecule has 104 valence electrons. The van der Waals surface area contributed by atoms with Gasteiger partial charge in [-0.2, -0.15) is 0 Å². The van der Waals surface area contributed by atoms with Crippen molar-refractivity contribution >= 4 is 5.97 Å². The number of likely N-dealkylation sites (tertiary alicyclic amines) is 1. The molecule has 2 atom stereocenters. The number of hydrogen-bond donors (Lipinski definition) is 0. The lowest BCUT2D eigenvalue weighted by atomic mass is 9.74. The molecule has 0 aromatic carbocycles. The third kappa shape index (κ3) is 3.25. The normalized spacial score (nSPS) is 31.9. The van der Waals surface area contributed by atoms with E-state index >= 15 is 0 Å². The van der Waals surface area contributed by atoms with Crippen LogP contribution in [0.1, 0.15) is 44.9 Å². The Hall–Kier alpha value is -0.570. The SMILES string of the molecule is COC(=O)C1CN(C)CCC1C1CCCCCC1. The summed E-state index contributed by atoms with van der Waals surface area (Å²) >= 11 is 0. The zero-order valence-corrected chi connectivity index (χ0v) is 11.9. The van der Waals surface area contributed by atoms with Gasteiger partial charge in [0.25, 0.3) is 0 Å². The summed E-state index contributed by atoms with van der Waals surface area (Å²) in [6, 6.07) is 0. The number of piperidine rings is 1. The largest absolute Gasteiger partial charge is 0.469 e. The number of methoxy groups -OCH3 is 1. The van der Waals surface area contributed by atoms with Crippen LogP contribution in [0.2, 0.25) is 0 Å². The Bertz CT molecular complexity index is 272. The van der Waals surface area contributed by atoms with Crippen molar-refractivity contribution in [1.82, 2.24) is 4.90 Å². The number of carbonyl (C=O) groups excluding carboxylic acids is 1. The van der Waals surface area contributed by atoms with Crippen LogP contribution in [-0.4, -0.2) is 38.1 Å². The fourth-order valence-corrected chi connectivity index (χ4v) is 3.84. The van der Waals surface area contributed by atoms with Gasteiger partial charge in [0.2, 0.25) is 0 Å². The highest BCUT2D eigenvalue weighted by atomic mass is 16.5. The summed E-state index contributed by atoms with van der Waals surface area (Å²) in [7, 11) is 3.64. The standard InChI is InChI=1S/C15H27NO2/c1-16-10-9-13(14(11-16)15(17)18-2)12-7-5-3-4-6-8-12/h12-14H,3-11H2,1-2H3. The molecule has 2 unspecified atom stereocenters. The van der Waals surface area contributed by atoms with Gasteiger partial charge in [0.1, 0.15) is 0 Å². The summed E-state index contributed by atoms with van der Waals surface area (Å²) in [4.78, 5) is 14.3. The minimum Gasteiger partial charge on any atom is -0.469 e. The highest BCUT2D eigenvalue weighted by Gasteiger charge is 2.38. The van der Waals surface area contributed by atoms with Crippen molar-refractivity contribution in [2.45, 2.75) is 44.9 Å². The average Bonchev–Trinajstić information content (AvgIpc) is 2.66. The first-order valence-corrected chi connectivity index (χ1v) is 7.48. The van der Waals surface area contributed by atoms with Crippen molar-refractivity contribution in [3.8, 4) is 0 Å². The summed E-state index contributed by atoms with van der Waals surface area (Å²) in [5.74, 6) is 1.43. The third-order valence-corrected chi connectivity index (χ3v) is 4.88. The van der Waals surface area contributed by atoms with Crippen LogP contribution in [0.3, 0.4) is 0 Å². The van der Waals surface area contributed by atoms with E-state index in [0.717, 1.165) is 19.0 Å². The number of nitrogens with zero attached hydrogens (tertiary/aromatic N) is 1. The topological polar surface area (TPSA) is 29.5 Å². The first-order chi connectivity index (χ1) is 8.72. The molecule has 1 saturated carbocycles. The van der Waals surface area contributed by atoms with Crippen LogP contribution in [0.25, 0.3) is 0 Å². The maximum atomic E-state index is 12.0. The molecule has 0 spiro atoms. The molecule has 18 heavy (non-hydrogen) atoms. The highest BCUT2D eigenvalue weighted by Crippen LogP contribution is 2.38. The van der Waals surface area contributed by atoms with Gasteiger partial charge in [0.15, 0.2) is 0 Å². The number of hydrogen-bond acceptors (Lipinski definition) is 3. The molecular formula is C15H27NO2. The lowest BCUT2D eigenvalue weighted by Crippen LogP contribution is -2.45. The molecular weight excluding hydrogens is 226 g/mol. The van der Waals surface area contributed by atoms with Crippen LogP contribution in [0.5, 0.6) is 0 Å². The zero-order chi connectivity index (χ0) is 13.0. The van der Waals surface area contributed by atoms with E-state index in [2.05, 4.69) is 11.9 Å². The molecule has 0 aromatic rings. The molecule has 0 amide bonds. The van der Waals surface area contributed by atoms with Gasteiger partial charge in [-0.1, -0.05) is 38.5 Å². The Morgan fingerprint density at radius 3 is 2.39 bits per heavy atom. The van der Waals surface area contributed by atoms with E-state index in [1.165, 1.54) is 52.1 Å². The molecule has 2 rings (SSSR count). The van der Waals surface area contributed by atoms with Crippen molar-refractivity contribution in [3.63, 3.8) is 0 Å². The fourth-order valence-electron chi connectivity index (χ4n) is 3.84. The highest BCUT2D eigenvalue weighted by molar-refractivity contribution is 5.73. The maximum absolute atomic E-state index is 12.0. The first kappa shape index (κ1) is 13.9. The van der Waals surface area contributed by atoms with Gasteiger partial charge in [-0.25, -0.2) is 0 Å². The molecule has 1 heterocycles. The predicted molar refractivity (Wildman–Crippen MR) is 72.3 cm³/mol. The molecule has 1 saturated heterocycles. The summed E-state index contributed by atoms with van der Waals surface area (Å²) in [5.41, 5.74) is 0. The number of rotatable bonds is 2. The number of carbonyl (C=O) groups is 1. The van der Waals surface area contributed by atoms with Gasteiger partial charge < -0.3 is 9.64 Å². The van der Waals surface area contributed by atoms with E-state index in [-0.39, 0.29) is 11.9 Å². The summed E-state index contributed by atoms with van der Waals surface area (Å²) in [6.45, 7) is 2.02. The maximum Gasteiger partial charge on any atom is 0.310 e. The molecule has 2 fully saturated rings. The van der Waals surface area contributed by atoms with Gasteiger partial charge in [-0.15, -0.1) is 0 Å². The number of esters is 1. The quantitative estimate of drug-likeness (QED) is 0.560. The molecule has 0 aromatic heterocycles. The Labute approximate surface area is 111 Å². The van der Waals surface area contributed by atoms with Crippen LogP contribution < -0.4 is 0 Å². The van der Waals surface area contributed by atoms with Crippen molar-refractivity contribution in [2.24, 2.45) is 17.8 Å². The van der Waals surface area contributed by atoms with Gasteiger partial charge >= 0.3 is 5.97 Å². The molecule has 0 bridgehead atoms. The average molecular weight is 253 g/mol. The van der Waals surface area contributed by atoms with Gasteiger partial charge in [-0.05, 0) is 31.8 Å². The van der Waals surface area contributed by atoms with E-state index in [1.54, 1.807) is 0 Å². The van der Waals surface area contributed by atoms with Crippen LogP contribution in [0, 0.1) is 17.8 Å². The summed E-state index contributed by atoms with van der Waals surface area (Å²) < 4.78 is 5.02. The molecule has 0 N–H and O–H groups in total. The Kier molecular flexibility index (Phi) is 5.04. The summed E-state index contributed by atoms with van der Waals surface area (Å²) in [5, 5.41) is 0. The van der Waals surface area contributed by atoms with Crippen molar-refractivity contribution in [3.05, 3.63) is 0 Å². The van der Waals surface area contributed by atoms with Gasteiger partial charge in [0, 0.05) is 6.54 Å². The summed E-state index contributed by atoms with van der Waals surface area (Å²) in [6.07, 6.45) is 9.28.